The summed E-state index contributed by atoms with van der Waals surface area (Å²) < 4.78 is 20.3. The van der Waals surface area contributed by atoms with Gasteiger partial charge in [-0.15, -0.1) is 10.2 Å². The van der Waals surface area contributed by atoms with E-state index in [0.29, 0.717) is 29.3 Å². The first-order chi connectivity index (χ1) is 19.9. The summed E-state index contributed by atoms with van der Waals surface area (Å²) in [6.45, 7) is 4.65. The van der Waals surface area contributed by atoms with Gasteiger partial charge in [0.15, 0.2) is 5.82 Å². The molecule has 0 aliphatic heterocycles. The number of nitrogens with one attached hydrogen (secondary N) is 2. The lowest BCUT2D eigenvalue weighted by atomic mass is 9.88. The zero-order chi connectivity index (χ0) is 28.2. The third-order valence-corrected chi connectivity index (χ3v) is 8.93. The second-order valence-corrected chi connectivity index (χ2v) is 12.7. The summed E-state index contributed by atoms with van der Waals surface area (Å²) in [5.41, 5.74) is 0.400. The van der Waals surface area contributed by atoms with E-state index in [4.69, 9.17) is 0 Å². The third-order valence-electron chi connectivity index (χ3n) is 8.93. The van der Waals surface area contributed by atoms with Crippen LogP contribution in [-0.4, -0.2) is 57.6 Å². The predicted octanol–water partition coefficient (Wildman–Crippen LogP) is 3.37. The van der Waals surface area contributed by atoms with Gasteiger partial charge in [0.25, 0.3) is 11.9 Å². The Hall–Kier alpha value is -3.64. The molecule has 0 radical (unpaired) electrons. The van der Waals surface area contributed by atoms with Gasteiger partial charge < -0.3 is 10.6 Å². The smallest absolute Gasteiger partial charge is 0.270 e. The van der Waals surface area contributed by atoms with Crippen LogP contribution in [0.4, 0.5) is 10.1 Å². The summed E-state index contributed by atoms with van der Waals surface area (Å²) in [7, 11) is 0. The molecule has 41 heavy (non-hydrogen) atoms. The van der Waals surface area contributed by atoms with Crippen LogP contribution in [0.2, 0.25) is 0 Å². The van der Waals surface area contributed by atoms with Gasteiger partial charge in [0.2, 0.25) is 5.91 Å². The van der Waals surface area contributed by atoms with E-state index < -0.39 is 17.9 Å². The minimum Gasteiger partial charge on any atom is -0.339 e. The topological polar surface area (TPSA) is 137 Å². The number of hydrogen-bond donors (Lipinski definition) is 2. The highest BCUT2D eigenvalue weighted by Crippen LogP contribution is 2.51. The summed E-state index contributed by atoms with van der Waals surface area (Å²) in [6, 6.07) is 0.559. The van der Waals surface area contributed by atoms with Crippen molar-refractivity contribution in [2.45, 2.75) is 89.9 Å². The van der Waals surface area contributed by atoms with Gasteiger partial charge in [-0.05, 0) is 111 Å². The van der Waals surface area contributed by atoms with Crippen molar-refractivity contribution in [3.8, 4) is 0 Å². The van der Waals surface area contributed by atoms with E-state index in [1.54, 1.807) is 27.8 Å². The van der Waals surface area contributed by atoms with Crippen LogP contribution in [0.15, 0.2) is 18.5 Å². The summed E-state index contributed by atoms with van der Waals surface area (Å²) >= 11 is 0. The molecule has 218 valence electrons. The number of amides is 2. The van der Waals surface area contributed by atoms with Gasteiger partial charge >= 0.3 is 0 Å². The Morgan fingerprint density at radius 3 is 2.39 bits per heavy atom. The number of anilines is 1. The van der Waals surface area contributed by atoms with Crippen LogP contribution in [0.25, 0.3) is 0 Å². The van der Waals surface area contributed by atoms with E-state index in [1.807, 2.05) is 18.5 Å². The van der Waals surface area contributed by atoms with Crippen LogP contribution in [0.5, 0.6) is 0 Å². The standard InChI is InChI=1S/C28H37FN10O2/c1-15(2)39-21(11-12-30-39)27(40)32-23(22(17-5-6-17)18-7-8-18)28(41)31-20-14-37(34-25(20)29)24(19-9-10-19)26-33-35-36-38(26)13-16-3-4-16/h11-12,14-19,22-24H,3-10,13H2,1-2H3,(H,31,41)(H,32,40)/t23-,24?/m0/s1. The second-order valence-electron chi connectivity index (χ2n) is 12.7. The summed E-state index contributed by atoms with van der Waals surface area (Å²) in [5.74, 6) is 0.757. The van der Waals surface area contributed by atoms with Crippen molar-refractivity contribution in [3.05, 3.63) is 35.9 Å². The van der Waals surface area contributed by atoms with Crippen LogP contribution < -0.4 is 10.6 Å². The molecule has 0 aromatic carbocycles. The van der Waals surface area contributed by atoms with Crippen LogP contribution in [-0.2, 0) is 11.3 Å². The fourth-order valence-electron chi connectivity index (χ4n) is 6.21. The molecule has 13 heteroatoms. The molecule has 12 nitrogen and oxygen atoms in total. The maximum absolute atomic E-state index is 15.3. The van der Waals surface area contributed by atoms with Crippen LogP contribution in [0, 0.1) is 35.5 Å². The van der Waals surface area contributed by atoms with E-state index in [-0.39, 0.29) is 35.5 Å². The average Bonchev–Trinajstić information content (AvgIpc) is 3.74. The van der Waals surface area contributed by atoms with Gasteiger partial charge in [-0.3, -0.25) is 19.0 Å². The second kappa shape index (κ2) is 10.3. The largest absolute Gasteiger partial charge is 0.339 e. The lowest BCUT2D eigenvalue weighted by Gasteiger charge is -2.27. The number of tetrazole rings is 1. The van der Waals surface area contributed by atoms with Crippen molar-refractivity contribution >= 4 is 17.5 Å². The number of hydrogen-bond acceptors (Lipinski definition) is 7. The van der Waals surface area contributed by atoms with Crippen molar-refractivity contribution in [3.63, 3.8) is 0 Å². The fourth-order valence-corrected chi connectivity index (χ4v) is 6.21. The molecule has 4 aliphatic carbocycles. The van der Waals surface area contributed by atoms with E-state index in [2.05, 4.69) is 36.4 Å². The Kier molecular flexibility index (Phi) is 6.61. The lowest BCUT2D eigenvalue weighted by Crippen LogP contribution is -2.50. The van der Waals surface area contributed by atoms with Gasteiger partial charge in [0.1, 0.15) is 23.5 Å². The van der Waals surface area contributed by atoms with Gasteiger partial charge in [0, 0.05) is 18.8 Å². The van der Waals surface area contributed by atoms with Gasteiger partial charge in [-0.2, -0.15) is 9.49 Å². The minimum absolute atomic E-state index is 0.00122. The molecular weight excluding hydrogens is 527 g/mol. The molecule has 4 fully saturated rings. The Morgan fingerprint density at radius 1 is 1.05 bits per heavy atom. The summed E-state index contributed by atoms with van der Waals surface area (Å²) in [6.07, 6.45) is 11.6. The van der Waals surface area contributed by atoms with Crippen LogP contribution >= 0.6 is 0 Å². The van der Waals surface area contributed by atoms with Crippen molar-refractivity contribution < 1.29 is 14.0 Å². The average molecular weight is 565 g/mol. The normalized spacial score (nSPS) is 20.4. The highest BCUT2D eigenvalue weighted by molar-refractivity contribution is 6.00. The SMILES string of the molecule is CC(C)n1nccc1C(=O)N[C@H](C(=O)Nc1cn(C(c2nnnn2CC2CC2)C2CC2)nc1F)C(C1CC1)C1CC1. The van der Waals surface area contributed by atoms with E-state index >= 15 is 4.39 Å². The van der Waals surface area contributed by atoms with Crippen molar-refractivity contribution in [2.75, 3.05) is 5.32 Å². The van der Waals surface area contributed by atoms with Crippen molar-refractivity contribution in [2.24, 2.45) is 29.6 Å². The maximum atomic E-state index is 15.3. The molecular formula is C28H37FN10O2. The molecule has 2 amide bonds. The first-order valence-electron chi connectivity index (χ1n) is 15.0. The zero-order valence-corrected chi connectivity index (χ0v) is 23.5. The quantitative estimate of drug-likeness (QED) is 0.325. The zero-order valence-electron chi connectivity index (χ0n) is 23.5. The first kappa shape index (κ1) is 26.3. The lowest BCUT2D eigenvalue weighted by molar-refractivity contribution is -0.119. The minimum atomic E-state index is -0.786. The third kappa shape index (κ3) is 5.50. The molecule has 2 atom stereocenters. The Bertz CT molecular complexity index is 1420. The first-order valence-corrected chi connectivity index (χ1v) is 15.0. The maximum Gasteiger partial charge on any atom is 0.270 e. The van der Waals surface area contributed by atoms with E-state index in [9.17, 15) is 9.59 Å². The summed E-state index contributed by atoms with van der Waals surface area (Å²) in [5, 5.41) is 26.6. The number of halogens is 1. The van der Waals surface area contributed by atoms with Crippen molar-refractivity contribution in [1.29, 1.82) is 0 Å². The molecule has 2 N–H and O–H groups in total. The molecule has 0 bridgehead atoms. The molecule has 7 rings (SSSR count). The Morgan fingerprint density at radius 2 is 1.76 bits per heavy atom. The number of rotatable bonds is 13. The van der Waals surface area contributed by atoms with Crippen LogP contribution in [0.3, 0.4) is 0 Å². The summed E-state index contributed by atoms with van der Waals surface area (Å²) in [4.78, 5) is 27.3. The molecule has 4 saturated carbocycles. The molecule has 3 heterocycles. The van der Waals surface area contributed by atoms with Crippen molar-refractivity contribution in [1.82, 2.24) is 45.1 Å². The molecule has 0 saturated heterocycles. The molecule has 1 unspecified atom stereocenters. The van der Waals surface area contributed by atoms with E-state index in [0.717, 1.165) is 45.1 Å². The van der Waals surface area contributed by atoms with Gasteiger partial charge in [-0.25, -0.2) is 4.68 Å². The highest BCUT2D eigenvalue weighted by Gasteiger charge is 2.49. The Labute approximate surface area is 237 Å². The van der Waals surface area contributed by atoms with E-state index in [1.165, 1.54) is 12.8 Å². The van der Waals surface area contributed by atoms with Gasteiger partial charge in [0.05, 0.1) is 6.20 Å². The number of carbonyl (C=O) groups excluding carboxylic acids is 2. The molecule has 3 aromatic heterocycles. The predicted molar refractivity (Wildman–Crippen MR) is 145 cm³/mol. The molecule has 0 spiro atoms. The molecule has 4 aliphatic rings. The van der Waals surface area contributed by atoms with Crippen LogP contribution in [0.1, 0.15) is 93.6 Å². The fraction of sp³-hybridized carbons (Fsp3) is 0.679. The molecule has 3 aromatic rings. The number of carbonyl (C=O) groups is 2. The monoisotopic (exact) mass is 564 g/mol. The number of nitrogens with zero attached hydrogens (tertiary/aromatic N) is 8. The highest BCUT2D eigenvalue weighted by atomic mass is 19.1. The Balaban J connectivity index is 1.13. The van der Waals surface area contributed by atoms with Gasteiger partial charge in [-0.1, -0.05) is 0 Å². The number of aromatic nitrogens is 8.